The predicted octanol–water partition coefficient (Wildman–Crippen LogP) is 4.65. The summed E-state index contributed by atoms with van der Waals surface area (Å²) in [5, 5.41) is 14.4. The van der Waals surface area contributed by atoms with Gasteiger partial charge in [0.15, 0.2) is 11.6 Å². The van der Waals surface area contributed by atoms with Gasteiger partial charge in [-0.1, -0.05) is 30.3 Å². The molecule has 0 aliphatic rings. The van der Waals surface area contributed by atoms with Crippen molar-refractivity contribution >= 4 is 16.7 Å². The molecule has 0 saturated carbocycles. The summed E-state index contributed by atoms with van der Waals surface area (Å²) < 4.78 is 33.0. The third-order valence-corrected chi connectivity index (χ3v) is 5.21. The molecule has 32 heavy (non-hydrogen) atoms. The van der Waals surface area contributed by atoms with Crippen LogP contribution >= 0.6 is 0 Å². The van der Waals surface area contributed by atoms with E-state index in [-0.39, 0.29) is 18.2 Å². The number of carbonyl (C=O) groups is 1. The van der Waals surface area contributed by atoms with Crippen molar-refractivity contribution in [2.24, 2.45) is 0 Å². The summed E-state index contributed by atoms with van der Waals surface area (Å²) in [6, 6.07) is 16.4. The summed E-state index contributed by atoms with van der Waals surface area (Å²) in [5.74, 6) is -2.56. The molecule has 5 nitrogen and oxygen atoms in total. The monoisotopic (exact) mass is 434 g/mol. The number of aromatic nitrogens is 1. The van der Waals surface area contributed by atoms with Crippen molar-refractivity contribution in [3.63, 3.8) is 0 Å². The molecule has 4 rings (SSSR count). The van der Waals surface area contributed by atoms with Gasteiger partial charge in [-0.2, -0.15) is 4.39 Å². The van der Waals surface area contributed by atoms with Crippen LogP contribution in [0.5, 0.6) is 5.75 Å². The van der Waals surface area contributed by atoms with Crippen LogP contribution in [0.15, 0.2) is 73.1 Å². The number of ether oxygens (including phenoxy) is 1. The highest BCUT2D eigenvalue weighted by Crippen LogP contribution is 2.37. The first-order valence-electron chi connectivity index (χ1n) is 9.91. The zero-order valence-corrected chi connectivity index (χ0v) is 17.2. The topological polar surface area (TPSA) is 71.5 Å². The summed E-state index contributed by atoms with van der Waals surface area (Å²) >= 11 is 0. The summed E-state index contributed by atoms with van der Waals surface area (Å²) in [4.78, 5) is 16.6. The van der Waals surface area contributed by atoms with E-state index in [2.05, 4.69) is 10.3 Å². The van der Waals surface area contributed by atoms with Crippen molar-refractivity contribution in [3.05, 3.63) is 95.8 Å². The zero-order valence-electron chi connectivity index (χ0n) is 17.2. The first-order chi connectivity index (χ1) is 15.5. The van der Waals surface area contributed by atoms with Gasteiger partial charge in [0, 0.05) is 35.6 Å². The highest BCUT2D eigenvalue weighted by molar-refractivity contribution is 6.03. The number of aliphatic hydroxyl groups is 1. The number of carbonyl (C=O) groups excluding carboxylic acids is 1. The highest BCUT2D eigenvalue weighted by Gasteiger charge is 2.18. The molecular formula is C25H20F2N2O3. The second-order valence-electron chi connectivity index (χ2n) is 7.20. The van der Waals surface area contributed by atoms with Gasteiger partial charge in [-0.25, -0.2) is 4.39 Å². The molecule has 162 valence electrons. The molecular weight excluding hydrogens is 414 g/mol. The molecule has 0 fully saturated rings. The van der Waals surface area contributed by atoms with E-state index in [4.69, 9.17) is 4.74 Å². The van der Waals surface area contributed by atoms with E-state index < -0.39 is 17.7 Å². The fraction of sp³-hybridized carbons (Fsp3) is 0.120. The van der Waals surface area contributed by atoms with E-state index in [0.29, 0.717) is 22.3 Å². The molecule has 1 aromatic heterocycles. The highest BCUT2D eigenvalue weighted by atomic mass is 19.2. The third kappa shape index (κ3) is 4.15. The van der Waals surface area contributed by atoms with Gasteiger partial charge in [-0.3, -0.25) is 9.78 Å². The van der Waals surface area contributed by atoms with E-state index in [1.54, 1.807) is 54.9 Å². The van der Waals surface area contributed by atoms with Crippen LogP contribution in [0.2, 0.25) is 0 Å². The van der Waals surface area contributed by atoms with E-state index >= 15 is 0 Å². The summed E-state index contributed by atoms with van der Waals surface area (Å²) in [7, 11) is 1.29. The Hall–Kier alpha value is -3.84. The molecule has 0 saturated heterocycles. The second kappa shape index (κ2) is 9.11. The van der Waals surface area contributed by atoms with Crippen molar-refractivity contribution in [3.8, 4) is 16.9 Å². The molecule has 2 N–H and O–H groups in total. The maximum atomic E-state index is 14.2. The maximum absolute atomic E-state index is 14.2. The van der Waals surface area contributed by atoms with Crippen molar-refractivity contribution in [2.75, 3.05) is 13.7 Å². The lowest BCUT2D eigenvalue weighted by Gasteiger charge is -2.14. The number of hydrogen-bond donors (Lipinski definition) is 2. The van der Waals surface area contributed by atoms with Crippen LogP contribution in [0.4, 0.5) is 8.78 Å². The maximum Gasteiger partial charge on any atom is 0.251 e. The Morgan fingerprint density at radius 2 is 1.94 bits per heavy atom. The number of nitrogens with one attached hydrogen (secondary N) is 1. The zero-order chi connectivity index (χ0) is 22.7. The Labute approximate surface area is 183 Å². The average molecular weight is 434 g/mol. The van der Waals surface area contributed by atoms with Crippen LogP contribution in [-0.4, -0.2) is 29.7 Å². The lowest BCUT2D eigenvalue weighted by atomic mass is 9.96. The Balaban J connectivity index is 1.61. The number of aliphatic hydroxyl groups excluding tert-OH is 1. The molecule has 0 aliphatic carbocycles. The van der Waals surface area contributed by atoms with E-state index in [9.17, 15) is 18.7 Å². The molecule has 0 aliphatic heterocycles. The number of pyridine rings is 1. The van der Waals surface area contributed by atoms with Gasteiger partial charge in [-0.15, -0.1) is 0 Å². The van der Waals surface area contributed by atoms with Crippen molar-refractivity contribution in [1.29, 1.82) is 0 Å². The normalized spacial score (nSPS) is 11.9. The first kappa shape index (κ1) is 21.4. The van der Waals surface area contributed by atoms with Gasteiger partial charge in [0.1, 0.15) is 0 Å². The lowest BCUT2D eigenvalue weighted by Crippen LogP contribution is -2.28. The van der Waals surface area contributed by atoms with Crippen molar-refractivity contribution in [1.82, 2.24) is 10.3 Å². The van der Waals surface area contributed by atoms with Crippen LogP contribution in [0.3, 0.4) is 0 Å². The molecule has 1 atom stereocenters. The molecule has 7 heteroatoms. The largest absolute Gasteiger partial charge is 0.493 e. The number of nitrogens with zero attached hydrogens (tertiary/aromatic N) is 1. The van der Waals surface area contributed by atoms with Crippen LogP contribution in [-0.2, 0) is 0 Å². The molecule has 1 amide bonds. The van der Waals surface area contributed by atoms with Crippen LogP contribution in [0.1, 0.15) is 22.0 Å². The van der Waals surface area contributed by atoms with E-state index in [0.717, 1.165) is 16.8 Å². The minimum Gasteiger partial charge on any atom is -0.493 e. The quantitative estimate of drug-likeness (QED) is 0.463. The molecule has 0 radical (unpaired) electrons. The Morgan fingerprint density at radius 1 is 1.09 bits per heavy atom. The molecule has 3 aromatic carbocycles. The summed E-state index contributed by atoms with van der Waals surface area (Å²) in [6.07, 6.45) is 2.27. The molecule has 1 unspecified atom stereocenters. The van der Waals surface area contributed by atoms with Crippen molar-refractivity contribution in [2.45, 2.75) is 6.10 Å². The minimum absolute atomic E-state index is 0.0364. The van der Waals surface area contributed by atoms with Crippen LogP contribution < -0.4 is 10.1 Å². The van der Waals surface area contributed by atoms with Gasteiger partial charge >= 0.3 is 0 Å². The van der Waals surface area contributed by atoms with Gasteiger partial charge in [0.25, 0.3) is 5.91 Å². The lowest BCUT2D eigenvalue weighted by molar-refractivity contribution is 0.0916. The van der Waals surface area contributed by atoms with Gasteiger partial charge in [0.05, 0.1) is 13.2 Å². The second-order valence-corrected chi connectivity index (χ2v) is 7.20. The van der Waals surface area contributed by atoms with E-state index in [1.165, 1.54) is 13.2 Å². The number of amides is 1. The number of halogens is 2. The SMILES string of the molecule is COc1c(-c2cccc3cc(C(=O)NCC(O)c4cccnc4)ccc23)ccc(F)c1F. The first-order valence-corrected chi connectivity index (χ1v) is 9.91. The smallest absolute Gasteiger partial charge is 0.251 e. The number of rotatable bonds is 6. The van der Waals surface area contributed by atoms with Gasteiger partial charge in [-0.05, 0) is 46.7 Å². The summed E-state index contributed by atoms with van der Waals surface area (Å²) in [5.41, 5.74) is 2.08. The average Bonchev–Trinajstić information content (AvgIpc) is 2.83. The van der Waals surface area contributed by atoms with Crippen LogP contribution in [0, 0.1) is 11.6 Å². The number of hydrogen-bond acceptors (Lipinski definition) is 4. The predicted molar refractivity (Wildman–Crippen MR) is 117 cm³/mol. The molecule has 4 aromatic rings. The fourth-order valence-corrected chi connectivity index (χ4v) is 3.59. The minimum atomic E-state index is -1.05. The third-order valence-electron chi connectivity index (χ3n) is 5.21. The Bertz CT molecular complexity index is 1280. The summed E-state index contributed by atoms with van der Waals surface area (Å²) in [6.45, 7) is 0.0364. The Morgan fingerprint density at radius 3 is 2.69 bits per heavy atom. The van der Waals surface area contributed by atoms with Gasteiger partial charge < -0.3 is 15.2 Å². The Kier molecular flexibility index (Phi) is 6.09. The van der Waals surface area contributed by atoms with E-state index in [1.807, 2.05) is 6.07 Å². The van der Waals surface area contributed by atoms with Gasteiger partial charge in [0.2, 0.25) is 5.82 Å². The standard InChI is InChI=1S/C25H20F2N2O3/c1-32-24-20(9-10-21(26)23(24)27)19-6-2-4-15-12-16(7-8-18(15)19)25(31)29-14-22(30)17-5-3-11-28-13-17/h2-13,22,30H,14H2,1H3,(H,29,31). The molecule has 1 heterocycles. The van der Waals surface area contributed by atoms with Crippen molar-refractivity contribution < 1.29 is 23.4 Å². The van der Waals surface area contributed by atoms with Crippen LogP contribution in [0.25, 0.3) is 21.9 Å². The molecule has 0 bridgehead atoms. The number of benzene rings is 3. The number of methoxy groups -OCH3 is 1. The molecule has 0 spiro atoms. The number of fused-ring (bicyclic) bond motifs is 1. The fourth-order valence-electron chi connectivity index (χ4n) is 3.59.